The fourth-order valence-corrected chi connectivity index (χ4v) is 4.19. The van der Waals surface area contributed by atoms with Crippen LogP contribution in [0.2, 0.25) is 0 Å². The number of ether oxygens (including phenoxy) is 2. The molecule has 136 valence electrons. The molecule has 3 aromatic rings. The van der Waals surface area contributed by atoms with Gasteiger partial charge in [-0.2, -0.15) is 4.37 Å². The number of aromatic nitrogens is 2. The average Bonchev–Trinajstić information content (AvgIpc) is 3.10. The first-order valence-electron chi connectivity index (χ1n) is 8.60. The Morgan fingerprint density at radius 2 is 2.00 bits per heavy atom. The van der Waals surface area contributed by atoms with Gasteiger partial charge in [0.2, 0.25) is 0 Å². The van der Waals surface area contributed by atoms with E-state index in [1.165, 1.54) is 11.5 Å². The summed E-state index contributed by atoms with van der Waals surface area (Å²) < 4.78 is 15.3. The van der Waals surface area contributed by atoms with Gasteiger partial charge in [0.1, 0.15) is 16.0 Å². The van der Waals surface area contributed by atoms with Crippen LogP contribution >= 0.6 is 11.5 Å². The zero-order chi connectivity index (χ0) is 18.1. The number of fused-ring (bicyclic) bond motifs is 1. The summed E-state index contributed by atoms with van der Waals surface area (Å²) in [6.07, 6.45) is 3.45. The molecule has 0 bridgehead atoms. The summed E-state index contributed by atoms with van der Waals surface area (Å²) in [5.41, 5.74) is 3.75. The number of piperidine rings is 1. The molecule has 0 aliphatic carbocycles. The summed E-state index contributed by atoms with van der Waals surface area (Å²) in [7, 11) is 3.25. The zero-order valence-electron chi connectivity index (χ0n) is 14.8. The van der Waals surface area contributed by atoms with Crippen molar-refractivity contribution < 1.29 is 14.6 Å². The molecule has 6 nitrogen and oxygen atoms in total. The maximum Gasteiger partial charge on any atom is 0.161 e. The van der Waals surface area contributed by atoms with E-state index in [2.05, 4.69) is 14.3 Å². The van der Waals surface area contributed by atoms with E-state index < -0.39 is 0 Å². The molecule has 1 aliphatic heterocycles. The van der Waals surface area contributed by atoms with Gasteiger partial charge in [-0.3, -0.25) is 4.98 Å². The van der Waals surface area contributed by atoms with Crippen LogP contribution in [-0.4, -0.2) is 47.9 Å². The van der Waals surface area contributed by atoms with E-state index >= 15 is 0 Å². The van der Waals surface area contributed by atoms with Crippen LogP contribution in [0, 0.1) is 0 Å². The van der Waals surface area contributed by atoms with Gasteiger partial charge in [-0.1, -0.05) is 6.07 Å². The molecule has 0 amide bonds. The highest BCUT2D eigenvalue weighted by Gasteiger charge is 2.22. The second kappa shape index (κ2) is 7.09. The lowest BCUT2D eigenvalue weighted by molar-refractivity contribution is 0.154. The van der Waals surface area contributed by atoms with E-state index in [1.54, 1.807) is 14.2 Å². The Kier molecular flexibility index (Phi) is 4.65. The lowest BCUT2D eigenvalue weighted by Crippen LogP contribution is -2.37. The first-order chi connectivity index (χ1) is 12.7. The molecular weight excluding hydrogens is 350 g/mol. The fraction of sp³-hybridized carbons (Fsp3) is 0.368. The largest absolute Gasteiger partial charge is 0.493 e. The molecule has 1 saturated heterocycles. The van der Waals surface area contributed by atoms with Crippen molar-refractivity contribution in [2.24, 2.45) is 0 Å². The van der Waals surface area contributed by atoms with E-state index in [0.29, 0.717) is 18.0 Å². The summed E-state index contributed by atoms with van der Waals surface area (Å²) in [5.74, 6) is 1.39. The Balaban J connectivity index is 1.69. The molecule has 1 aliphatic rings. The van der Waals surface area contributed by atoms with Crippen LogP contribution in [0.25, 0.3) is 22.2 Å². The third kappa shape index (κ3) is 3.08. The highest BCUT2D eigenvalue weighted by molar-refractivity contribution is 7.11. The Hall–Kier alpha value is -2.38. The molecule has 7 heteroatoms. The van der Waals surface area contributed by atoms with Gasteiger partial charge < -0.3 is 19.5 Å². The number of hydrogen-bond acceptors (Lipinski definition) is 7. The molecule has 1 fully saturated rings. The number of benzene rings is 1. The normalized spacial score (nSPS) is 17.5. The van der Waals surface area contributed by atoms with Crippen molar-refractivity contribution in [3.8, 4) is 22.6 Å². The van der Waals surface area contributed by atoms with Crippen molar-refractivity contribution in [2.45, 2.75) is 18.9 Å². The third-order valence-electron chi connectivity index (χ3n) is 4.70. The minimum atomic E-state index is -0.271. The number of β-amino-alcohol motifs (C(OH)–C–C–N with tert-alkyl or cyclic N) is 1. The van der Waals surface area contributed by atoms with Gasteiger partial charge in [0.25, 0.3) is 0 Å². The van der Waals surface area contributed by atoms with Gasteiger partial charge in [0.05, 0.1) is 20.3 Å². The van der Waals surface area contributed by atoms with Gasteiger partial charge in [-0.25, -0.2) is 0 Å². The van der Waals surface area contributed by atoms with Crippen molar-refractivity contribution in [3.63, 3.8) is 0 Å². The lowest BCUT2D eigenvalue weighted by Gasteiger charge is -2.30. The van der Waals surface area contributed by atoms with Crippen molar-refractivity contribution in [1.82, 2.24) is 9.36 Å². The summed E-state index contributed by atoms with van der Waals surface area (Å²) in [5, 5.41) is 11.0. The fourth-order valence-electron chi connectivity index (χ4n) is 3.34. The Morgan fingerprint density at radius 1 is 1.15 bits per heavy atom. The summed E-state index contributed by atoms with van der Waals surface area (Å²) in [6, 6.07) is 7.86. The predicted molar refractivity (Wildman–Crippen MR) is 103 cm³/mol. The number of nitrogens with zero attached hydrogens (tertiary/aromatic N) is 3. The molecule has 26 heavy (non-hydrogen) atoms. The second-order valence-corrected chi connectivity index (χ2v) is 7.14. The SMILES string of the molecule is COc1ccc(-c2cnc3c(N4CCCC(O)C4)snc3c2)cc1OC. The maximum atomic E-state index is 9.94. The Bertz CT molecular complexity index is 928. The molecule has 4 rings (SSSR count). The number of methoxy groups -OCH3 is 2. The van der Waals surface area contributed by atoms with Crippen LogP contribution in [0.4, 0.5) is 5.00 Å². The molecular formula is C19H21N3O3S. The summed E-state index contributed by atoms with van der Waals surface area (Å²) >= 11 is 1.45. The number of aliphatic hydroxyl groups excluding tert-OH is 1. The van der Waals surface area contributed by atoms with Crippen LogP contribution in [0.1, 0.15) is 12.8 Å². The smallest absolute Gasteiger partial charge is 0.161 e. The summed E-state index contributed by atoms with van der Waals surface area (Å²) in [6.45, 7) is 1.59. The van der Waals surface area contributed by atoms with Crippen LogP contribution < -0.4 is 14.4 Å². The van der Waals surface area contributed by atoms with Gasteiger partial charge in [-0.05, 0) is 48.1 Å². The van der Waals surface area contributed by atoms with E-state index in [9.17, 15) is 5.11 Å². The molecule has 1 unspecified atom stereocenters. The van der Waals surface area contributed by atoms with Gasteiger partial charge in [0.15, 0.2) is 11.5 Å². The quantitative estimate of drug-likeness (QED) is 0.759. The van der Waals surface area contributed by atoms with Crippen molar-refractivity contribution >= 4 is 27.6 Å². The molecule has 3 heterocycles. The lowest BCUT2D eigenvalue weighted by atomic mass is 10.1. The minimum absolute atomic E-state index is 0.271. The van der Waals surface area contributed by atoms with Gasteiger partial charge >= 0.3 is 0 Å². The molecule has 2 aromatic heterocycles. The van der Waals surface area contributed by atoms with Crippen molar-refractivity contribution in [3.05, 3.63) is 30.5 Å². The molecule has 1 N–H and O–H groups in total. The predicted octanol–water partition coefficient (Wildman–Crippen LogP) is 3.34. The highest BCUT2D eigenvalue weighted by Crippen LogP contribution is 2.36. The number of rotatable bonds is 4. The van der Waals surface area contributed by atoms with E-state index in [4.69, 9.17) is 9.47 Å². The van der Waals surface area contributed by atoms with Gasteiger partial charge in [0, 0.05) is 24.8 Å². The molecule has 0 spiro atoms. The number of pyridine rings is 1. The van der Waals surface area contributed by atoms with Crippen LogP contribution in [0.3, 0.4) is 0 Å². The van der Waals surface area contributed by atoms with Crippen LogP contribution in [0.5, 0.6) is 11.5 Å². The standard InChI is InChI=1S/C19H21N3O3S/c1-24-16-6-5-12(9-17(16)25-2)13-8-15-18(20-10-13)19(26-21-15)22-7-3-4-14(23)11-22/h5-6,8-10,14,23H,3-4,7,11H2,1-2H3. The van der Waals surface area contributed by atoms with E-state index in [-0.39, 0.29) is 6.10 Å². The van der Waals surface area contributed by atoms with E-state index in [1.807, 2.05) is 30.5 Å². The molecule has 1 aromatic carbocycles. The number of hydrogen-bond donors (Lipinski definition) is 1. The Labute approximate surface area is 156 Å². The highest BCUT2D eigenvalue weighted by atomic mass is 32.1. The first-order valence-corrected chi connectivity index (χ1v) is 9.38. The van der Waals surface area contributed by atoms with Crippen LogP contribution in [0.15, 0.2) is 30.5 Å². The van der Waals surface area contributed by atoms with Crippen molar-refractivity contribution in [2.75, 3.05) is 32.2 Å². The second-order valence-electron chi connectivity index (χ2n) is 6.39. The molecule has 0 radical (unpaired) electrons. The van der Waals surface area contributed by atoms with Crippen LogP contribution in [-0.2, 0) is 0 Å². The zero-order valence-corrected chi connectivity index (χ0v) is 15.6. The Morgan fingerprint density at radius 3 is 2.77 bits per heavy atom. The first kappa shape index (κ1) is 17.1. The number of anilines is 1. The van der Waals surface area contributed by atoms with Crippen molar-refractivity contribution in [1.29, 1.82) is 0 Å². The maximum absolute atomic E-state index is 9.94. The number of aliphatic hydroxyl groups is 1. The van der Waals surface area contributed by atoms with E-state index in [0.717, 1.165) is 46.5 Å². The molecule has 1 atom stereocenters. The minimum Gasteiger partial charge on any atom is -0.493 e. The average molecular weight is 371 g/mol. The topological polar surface area (TPSA) is 67.7 Å². The summed E-state index contributed by atoms with van der Waals surface area (Å²) in [4.78, 5) is 6.86. The monoisotopic (exact) mass is 371 g/mol. The molecule has 0 saturated carbocycles. The van der Waals surface area contributed by atoms with Gasteiger partial charge in [-0.15, -0.1) is 0 Å². The third-order valence-corrected chi connectivity index (χ3v) is 5.61.